The molecule has 1 aliphatic heterocycles. The minimum absolute atomic E-state index is 0.143. The third-order valence-electron chi connectivity index (χ3n) is 5.64. The Hall–Kier alpha value is -3.45. The van der Waals surface area contributed by atoms with E-state index < -0.39 is 40.3 Å². The highest BCUT2D eigenvalue weighted by Crippen LogP contribution is 2.40. The van der Waals surface area contributed by atoms with E-state index in [4.69, 9.17) is 4.74 Å². The standard InChI is InChI=1S/C21H20F3N5O4S/c1-25-20(30)19-15-5-3-11(9-28(15)10-27-19)17-13(23)4-6-14(18(17)24)29(34(31)32)16-7-12(22)8-26-21(16)33-2/h4,6-8,10-11H,3,5,9H2,1-2H3,(H,25,30)(H,31,32)/t11-/m1/s1. The van der Waals surface area contributed by atoms with E-state index in [1.54, 1.807) is 4.57 Å². The molecule has 0 saturated heterocycles. The number of rotatable bonds is 6. The van der Waals surface area contributed by atoms with Crippen LogP contribution in [0, 0.1) is 17.5 Å². The Morgan fingerprint density at radius 3 is 2.74 bits per heavy atom. The van der Waals surface area contributed by atoms with Crippen LogP contribution >= 0.6 is 0 Å². The average Bonchev–Trinajstić information content (AvgIpc) is 3.23. The Kier molecular flexibility index (Phi) is 6.57. The lowest BCUT2D eigenvalue weighted by atomic mass is 9.89. The van der Waals surface area contributed by atoms with Crippen molar-refractivity contribution in [1.82, 2.24) is 19.9 Å². The summed E-state index contributed by atoms with van der Waals surface area (Å²) in [6.45, 7) is 0.143. The van der Waals surface area contributed by atoms with Crippen LogP contribution in [0.2, 0.25) is 0 Å². The fraction of sp³-hybridized carbons (Fsp3) is 0.286. The van der Waals surface area contributed by atoms with E-state index in [0.717, 1.165) is 24.4 Å². The van der Waals surface area contributed by atoms with Gasteiger partial charge in [-0.05, 0) is 25.0 Å². The first kappa shape index (κ1) is 23.7. The second-order valence-corrected chi connectivity index (χ2v) is 8.33. The minimum atomic E-state index is -2.87. The number of hydrogen-bond acceptors (Lipinski definition) is 5. The molecule has 4 rings (SSSR count). The number of amides is 1. The molecule has 0 aliphatic carbocycles. The van der Waals surface area contributed by atoms with Gasteiger partial charge in [0.2, 0.25) is 5.88 Å². The van der Waals surface area contributed by atoms with Gasteiger partial charge < -0.3 is 14.6 Å². The molecule has 1 aromatic carbocycles. The molecule has 1 aliphatic rings. The molecule has 0 saturated carbocycles. The molecule has 0 fully saturated rings. The van der Waals surface area contributed by atoms with Crippen molar-refractivity contribution in [3.63, 3.8) is 0 Å². The normalized spacial score (nSPS) is 16.0. The number of benzene rings is 1. The molecule has 9 nitrogen and oxygen atoms in total. The Morgan fingerprint density at radius 1 is 1.29 bits per heavy atom. The number of pyridine rings is 1. The summed E-state index contributed by atoms with van der Waals surface area (Å²) < 4.78 is 73.8. The first-order valence-electron chi connectivity index (χ1n) is 10.1. The van der Waals surface area contributed by atoms with E-state index in [-0.39, 0.29) is 35.3 Å². The first-order valence-corrected chi connectivity index (χ1v) is 11.2. The first-order chi connectivity index (χ1) is 16.3. The number of fused-ring (bicyclic) bond motifs is 1. The van der Waals surface area contributed by atoms with Gasteiger partial charge in [-0.2, -0.15) is 0 Å². The lowest BCUT2D eigenvalue weighted by Crippen LogP contribution is -2.26. The van der Waals surface area contributed by atoms with Crippen LogP contribution in [-0.2, 0) is 24.2 Å². The van der Waals surface area contributed by atoms with Crippen LogP contribution in [0.15, 0.2) is 30.7 Å². The van der Waals surface area contributed by atoms with E-state index in [9.17, 15) is 22.3 Å². The highest BCUT2D eigenvalue weighted by molar-refractivity contribution is 7.81. The van der Waals surface area contributed by atoms with Crippen LogP contribution in [0.5, 0.6) is 5.88 Å². The summed E-state index contributed by atoms with van der Waals surface area (Å²) in [4.78, 5) is 19.8. The molecular weight excluding hydrogens is 475 g/mol. The zero-order valence-electron chi connectivity index (χ0n) is 18.1. The smallest absolute Gasteiger partial charge is 0.271 e. The Bertz CT molecular complexity index is 1290. The van der Waals surface area contributed by atoms with E-state index in [1.165, 1.54) is 20.5 Å². The van der Waals surface area contributed by atoms with Gasteiger partial charge in [-0.15, -0.1) is 0 Å². The number of anilines is 2. The number of imidazole rings is 1. The van der Waals surface area contributed by atoms with Crippen LogP contribution in [-0.4, -0.2) is 43.4 Å². The fourth-order valence-electron chi connectivity index (χ4n) is 4.12. The maximum Gasteiger partial charge on any atom is 0.271 e. The molecule has 0 bridgehead atoms. The van der Waals surface area contributed by atoms with Gasteiger partial charge in [0.05, 0.1) is 31.0 Å². The summed E-state index contributed by atoms with van der Waals surface area (Å²) in [5.41, 5.74) is -0.150. The van der Waals surface area contributed by atoms with Crippen molar-refractivity contribution in [2.24, 2.45) is 0 Å². The van der Waals surface area contributed by atoms with Crippen LogP contribution in [0.4, 0.5) is 24.5 Å². The molecule has 2 atom stereocenters. The van der Waals surface area contributed by atoms with Gasteiger partial charge in [-0.3, -0.25) is 9.35 Å². The zero-order chi connectivity index (χ0) is 24.6. The van der Waals surface area contributed by atoms with Crippen molar-refractivity contribution < 1.29 is 31.5 Å². The molecule has 1 unspecified atom stereocenters. The number of nitrogens with one attached hydrogen (secondary N) is 1. The van der Waals surface area contributed by atoms with Gasteiger partial charge in [-0.1, -0.05) is 0 Å². The molecule has 1 amide bonds. The Labute approximate surface area is 195 Å². The van der Waals surface area contributed by atoms with Crippen molar-refractivity contribution >= 4 is 28.5 Å². The number of hydrogen-bond donors (Lipinski definition) is 2. The second-order valence-electron chi connectivity index (χ2n) is 7.51. The van der Waals surface area contributed by atoms with Gasteiger partial charge in [0, 0.05) is 31.1 Å². The number of carbonyl (C=O) groups excluding carboxylic acids is 1. The maximum absolute atomic E-state index is 15.7. The molecular formula is C21H20F3N5O4S. The summed E-state index contributed by atoms with van der Waals surface area (Å²) in [7, 11) is 2.70. The van der Waals surface area contributed by atoms with Gasteiger partial charge in [0.15, 0.2) is 5.82 Å². The lowest BCUT2D eigenvalue weighted by molar-refractivity contribution is 0.0957. The Morgan fingerprint density at radius 2 is 2.06 bits per heavy atom. The average molecular weight is 495 g/mol. The third kappa shape index (κ3) is 4.12. The monoisotopic (exact) mass is 495 g/mol. The summed E-state index contributed by atoms with van der Waals surface area (Å²) in [5, 5.41) is 2.50. The Balaban J connectivity index is 1.77. The number of aromatic nitrogens is 3. The third-order valence-corrected chi connectivity index (χ3v) is 6.34. The quantitative estimate of drug-likeness (QED) is 0.509. The van der Waals surface area contributed by atoms with Gasteiger partial charge >= 0.3 is 0 Å². The second kappa shape index (κ2) is 9.43. The molecule has 180 valence electrons. The number of ether oxygens (including phenoxy) is 1. The molecule has 0 radical (unpaired) electrons. The summed E-state index contributed by atoms with van der Waals surface area (Å²) in [6.07, 6.45) is 2.92. The zero-order valence-corrected chi connectivity index (χ0v) is 18.9. The number of halogens is 3. The number of methoxy groups -OCH3 is 1. The molecule has 2 aromatic heterocycles. The van der Waals surface area contributed by atoms with Crippen molar-refractivity contribution in [2.45, 2.75) is 25.3 Å². The largest absolute Gasteiger partial charge is 0.479 e. The fourth-order valence-corrected chi connectivity index (χ4v) is 4.72. The molecule has 13 heteroatoms. The summed E-state index contributed by atoms with van der Waals surface area (Å²) in [5.74, 6) is -3.99. The predicted molar refractivity (Wildman–Crippen MR) is 117 cm³/mol. The SMILES string of the molecule is CNC(=O)c1ncn2c1CC[C@@H](c1c(F)ccc(N(c3cc(F)cnc3OC)S(=O)O)c1F)C2. The van der Waals surface area contributed by atoms with Gasteiger partial charge in [0.25, 0.3) is 17.2 Å². The van der Waals surface area contributed by atoms with Crippen molar-refractivity contribution in [3.8, 4) is 5.88 Å². The lowest BCUT2D eigenvalue weighted by Gasteiger charge is -2.28. The molecule has 34 heavy (non-hydrogen) atoms. The van der Waals surface area contributed by atoms with Crippen LogP contribution in [0.1, 0.15) is 34.1 Å². The molecule has 3 aromatic rings. The van der Waals surface area contributed by atoms with Crippen LogP contribution in [0.25, 0.3) is 0 Å². The topological polar surface area (TPSA) is 110 Å². The van der Waals surface area contributed by atoms with E-state index in [1.807, 2.05) is 0 Å². The van der Waals surface area contributed by atoms with Crippen molar-refractivity contribution in [3.05, 3.63) is 65.1 Å². The highest BCUT2D eigenvalue weighted by atomic mass is 32.2. The summed E-state index contributed by atoms with van der Waals surface area (Å²) in [6, 6.07) is 2.83. The predicted octanol–water partition coefficient (Wildman–Crippen LogP) is 3.07. The van der Waals surface area contributed by atoms with Crippen molar-refractivity contribution in [2.75, 3.05) is 18.5 Å². The highest BCUT2D eigenvalue weighted by Gasteiger charge is 2.32. The maximum atomic E-state index is 15.7. The van der Waals surface area contributed by atoms with Gasteiger partial charge in [-0.25, -0.2) is 31.7 Å². The van der Waals surface area contributed by atoms with Gasteiger partial charge in [0.1, 0.15) is 23.0 Å². The van der Waals surface area contributed by atoms with E-state index >= 15 is 4.39 Å². The van der Waals surface area contributed by atoms with Crippen LogP contribution in [0.3, 0.4) is 0 Å². The molecule has 3 heterocycles. The molecule has 2 N–H and O–H groups in total. The summed E-state index contributed by atoms with van der Waals surface area (Å²) >= 11 is -2.87. The van der Waals surface area contributed by atoms with E-state index in [0.29, 0.717) is 22.8 Å². The van der Waals surface area contributed by atoms with Crippen LogP contribution < -0.4 is 14.4 Å². The number of carbonyl (C=O) groups is 1. The molecule has 0 spiro atoms. The van der Waals surface area contributed by atoms with E-state index in [2.05, 4.69) is 15.3 Å². The number of nitrogens with zero attached hydrogens (tertiary/aromatic N) is 4. The van der Waals surface area contributed by atoms with Crippen molar-refractivity contribution in [1.29, 1.82) is 0 Å². The minimum Gasteiger partial charge on any atom is -0.479 e.